The van der Waals surface area contributed by atoms with Crippen LogP contribution >= 0.6 is 34.5 Å². The van der Waals surface area contributed by atoms with Crippen LogP contribution in [0.1, 0.15) is 0 Å². The fourth-order valence-electron chi connectivity index (χ4n) is 2.35. The second-order valence-electron chi connectivity index (χ2n) is 5.52. The fraction of sp³-hybridized carbons (Fsp3) is 0.158. The Morgan fingerprint density at radius 2 is 1.93 bits per heavy atom. The molecule has 2 aromatic carbocycles. The highest BCUT2D eigenvalue weighted by Gasteiger charge is 2.13. The summed E-state index contributed by atoms with van der Waals surface area (Å²) in [7, 11) is 3.16. The predicted octanol–water partition coefficient (Wildman–Crippen LogP) is 5.15. The predicted molar refractivity (Wildman–Crippen MR) is 111 cm³/mol. The van der Waals surface area contributed by atoms with E-state index in [0.29, 0.717) is 38.1 Å². The van der Waals surface area contributed by atoms with E-state index in [1.807, 2.05) is 17.5 Å². The molecular weight excluding hydrogens is 423 g/mol. The molecule has 1 heterocycles. The molecule has 0 unspecified atom stereocenters. The van der Waals surface area contributed by atoms with Crippen LogP contribution in [0.3, 0.4) is 0 Å². The van der Waals surface area contributed by atoms with Crippen molar-refractivity contribution in [3.05, 3.63) is 51.8 Å². The number of anilines is 1. The molecule has 0 bridgehead atoms. The average Bonchev–Trinajstić information content (AvgIpc) is 3.16. The molecule has 0 fully saturated rings. The van der Waals surface area contributed by atoms with Crippen molar-refractivity contribution in [3.63, 3.8) is 0 Å². The van der Waals surface area contributed by atoms with E-state index >= 15 is 0 Å². The van der Waals surface area contributed by atoms with E-state index in [9.17, 15) is 4.79 Å². The van der Waals surface area contributed by atoms with Gasteiger partial charge < -0.3 is 14.2 Å². The maximum absolute atomic E-state index is 12.1. The molecule has 0 saturated heterocycles. The first-order valence-electron chi connectivity index (χ1n) is 8.05. The summed E-state index contributed by atoms with van der Waals surface area (Å²) in [6.07, 6.45) is 0. The van der Waals surface area contributed by atoms with Crippen molar-refractivity contribution >= 4 is 45.6 Å². The van der Waals surface area contributed by atoms with Crippen LogP contribution in [0.25, 0.3) is 11.3 Å². The zero-order valence-corrected chi connectivity index (χ0v) is 17.3. The molecule has 28 heavy (non-hydrogen) atoms. The van der Waals surface area contributed by atoms with Gasteiger partial charge in [0.15, 0.2) is 11.7 Å². The van der Waals surface area contributed by atoms with E-state index in [-0.39, 0.29) is 12.5 Å². The van der Waals surface area contributed by atoms with Crippen molar-refractivity contribution in [1.29, 1.82) is 0 Å². The molecule has 0 aliphatic heterocycles. The number of nitrogens with zero attached hydrogens (tertiary/aromatic N) is 1. The SMILES string of the molecule is COc1ccc(-c2csc(NC(=O)COc3cc(Cl)ccc3Cl)n2)c(OC)c1. The van der Waals surface area contributed by atoms with Gasteiger partial charge in [0.1, 0.15) is 17.2 Å². The third-order valence-electron chi connectivity index (χ3n) is 3.69. The summed E-state index contributed by atoms with van der Waals surface area (Å²) < 4.78 is 16.0. The van der Waals surface area contributed by atoms with Crippen molar-refractivity contribution in [1.82, 2.24) is 4.98 Å². The van der Waals surface area contributed by atoms with Crippen molar-refractivity contribution in [3.8, 4) is 28.5 Å². The molecule has 6 nitrogen and oxygen atoms in total. The second-order valence-corrected chi connectivity index (χ2v) is 7.22. The number of halogens is 2. The maximum Gasteiger partial charge on any atom is 0.264 e. The van der Waals surface area contributed by atoms with Gasteiger partial charge in [-0.05, 0) is 24.3 Å². The Hall–Kier alpha value is -2.48. The Morgan fingerprint density at radius 3 is 2.68 bits per heavy atom. The van der Waals surface area contributed by atoms with E-state index in [2.05, 4.69) is 10.3 Å². The normalized spacial score (nSPS) is 10.4. The van der Waals surface area contributed by atoms with Gasteiger partial charge in [-0.1, -0.05) is 23.2 Å². The standard InChI is InChI=1S/C19H16Cl2N2O4S/c1-25-12-4-5-13(16(8-12)26-2)15-10-28-19(22-15)23-18(24)9-27-17-7-11(20)3-6-14(17)21/h3-8,10H,9H2,1-2H3,(H,22,23,24). The highest BCUT2D eigenvalue weighted by molar-refractivity contribution is 7.14. The van der Waals surface area contributed by atoms with E-state index in [0.717, 1.165) is 5.56 Å². The maximum atomic E-state index is 12.1. The van der Waals surface area contributed by atoms with E-state index < -0.39 is 0 Å². The summed E-state index contributed by atoms with van der Waals surface area (Å²) in [4.78, 5) is 16.6. The third-order valence-corrected chi connectivity index (χ3v) is 4.99. The zero-order valence-electron chi connectivity index (χ0n) is 15.0. The Balaban J connectivity index is 1.66. The zero-order chi connectivity index (χ0) is 20.1. The van der Waals surface area contributed by atoms with Crippen molar-refractivity contribution in [2.45, 2.75) is 0 Å². The molecule has 1 amide bonds. The van der Waals surface area contributed by atoms with Crippen LogP contribution in [0.2, 0.25) is 10.0 Å². The molecule has 0 radical (unpaired) electrons. The van der Waals surface area contributed by atoms with Crippen LogP contribution in [0, 0.1) is 0 Å². The Bertz CT molecular complexity index is 994. The second kappa shape index (κ2) is 9.14. The van der Waals surface area contributed by atoms with E-state index in [4.69, 9.17) is 37.4 Å². The summed E-state index contributed by atoms with van der Waals surface area (Å²) in [6.45, 7) is -0.221. The topological polar surface area (TPSA) is 69.7 Å². The van der Waals surface area contributed by atoms with Gasteiger partial charge in [0.2, 0.25) is 0 Å². The fourth-order valence-corrected chi connectivity index (χ4v) is 3.41. The molecular formula is C19H16Cl2N2O4S. The molecule has 3 rings (SSSR count). The number of amides is 1. The number of carbonyl (C=O) groups is 1. The van der Waals surface area contributed by atoms with Crippen LogP contribution in [-0.4, -0.2) is 31.7 Å². The summed E-state index contributed by atoms with van der Waals surface area (Å²) >= 11 is 13.2. The molecule has 1 aromatic heterocycles. The number of carbonyl (C=O) groups excluding carboxylic acids is 1. The summed E-state index contributed by atoms with van der Waals surface area (Å²) in [5.41, 5.74) is 1.47. The number of hydrogen-bond acceptors (Lipinski definition) is 6. The first-order valence-corrected chi connectivity index (χ1v) is 9.69. The minimum absolute atomic E-state index is 0.221. The van der Waals surface area contributed by atoms with Crippen molar-refractivity contribution in [2.24, 2.45) is 0 Å². The lowest BCUT2D eigenvalue weighted by atomic mass is 10.1. The number of benzene rings is 2. The first kappa shape index (κ1) is 20.3. The highest BCUT2D eigenvalue weighted by atomic mass is 35.5. The number of hydrogen-bond donors (Lipinski definition) is 1. The van der Waals surface area contributed by atoms with Gasteiger partial charge in [-0.3, -0.25) is 10.1 Å². The van der Waals surface area contributed by atoms with E-state index in [1.54, 1.807) is 38.5 Å². The summed E-state index contributed by atoms with van der Waals surface area (Å²) in [5.74, 6) is 1.29. The molecule has 0 aliphatic carbocycles. The van der Waals surface area contributed by atoms with Crippen LogP contribution in [0.4, 0.5) is 5.13 Å². The van der Waals surface area contributed by atoms with Crippen molar-refractivity contribution < 1.29 is 19.0 Å². The number of ether oxygens (including phenoxy) is 3. The molecule has 0 spiro atoms. The monoisotopic (exact) mass is 438 g/mol. The highest BCUT2D eigenvalue weighted by Crippen LogP contribution is 2.35. The van der Waals surface area contributed by atoms with Gasteiger partial charge >= 0.3 is 0 Å². The van der Waals surface area contributed by atoms with Gasteiger partial charge in [-0.2, -0.15) is 0 Å². The van der Waals surface area contributed by atoms with Gasteiger partial charge in [-0.25, -0.2) is 4.98 Å². The third kappa shape index (κ3) is 4.86. The van der Waals surface area contributed by atoms with Crippen LogP contribution in [-0.2, 0) is 4.79 Å². The lowest BCUT2D eigenvalue weighted by Crippen LogP contribution is -2.20. The Kier molecular flexibility index (Phi) is 6.61. The minimum atomic E-state index is -0.362. The largest absolute Gasteiger partial charge is 0.497 e. The van der Waals surface area contributed by atoms with Crippen molar-refractivity contribution in [2.75, 3.05) is 26.1 Å². The lowest BCUT2D eigenvalue weighted by molar-refractivity contribution is -0.118. The summed E-state index contributed by atoms with van der Waals surface area (Å²) in [5, 5.41) is 5.82. The van der Waals surface area contributed by atoms with Crippen LogP contribution in [0.5, 0.6) is 17.2 Å². The molecule has 0 atom stereocenters. The molecule has 0 saturated carbocycles. The number of aromatic nitrogens is 1. The first-order chi connectivity index (χ1) is 13.5. The minimum Gasteiger partial charge on any atom is -0.497 e. The van der Waals surface area contributed by atoms with Gasteiger partial charge in [0, 0.05) is 28.1 Å². The molecule has 146 valence electrons. The number of methoxy groups -OCH3 is 2. The number of rotatable bonds is 7. The van der Waals surface area contributed by atoms with Gasteiger partial charge in [0.25, 0.3) is 5.91 Å². The molecule has 0 aliphatic rings. The van der Waals surface area contributed by atoms with Gasteiger partial charge in [0.05, 0.1) is 24.9 Å². The molecule has 3 aromatic rings. The molecule has 9 heteroatoms. The number of thiazole rings is 1. The van der Waals surface area contributed by atoms with Crippen LogP contribution in [0.15, 0.2) is 41.8 Å². The Labute approximate surface area is 176 Å². The van der Waals surface area contributed by atoms with Gasteiger partial charge in [-0.15, -0.1) is 11.3 Å². The quantitative estimate of drug-likeness (QED) is 0.551. The summed E-state index contributed by atoms with van der Waals surface area (Å²) in [6, 6.07) is 10.2. The van der Waals surface area contributed by atoms with Crippen LogP contribution < -0.4 is 19.5 Å². The number of nitrogens with one attached hydrogen (secondary N) is 1. The smallest absolute Gasteiger partial charge is 0.264 e. The average molecular weight is 439 g/mol. The Morgan fingerprint density at radius 1 is 1.11 bits per heavy atom. The van der Waals surface area contributed by atoms with E-state index in [1.165, 1.54) is 11.3 Å². The lowest BCUT2D eigenvalue weighted by Gasteiger charge is -2.09. The molecule has 1 N–H and O–H groups in total.